The van der Waals surface area contributed by atoms with Gasteiger partial charge in [0.1, 0.15) is 11.4 Å². The van der Waals surface area contributed by atoms with Crippen molar-refractivity contribution in [1.29, 1.82) is 0 Å². The van der Waals surface area contributed by atoms with E-state index in [2.05, 4.69) is 10.3 Å². The summed E-state index contributed by atoms with van der Waals surface area (Å²) < 4.78 is 5.23. The minimum absolute atomic E-state index is 0.183. The first-order chi connectivity index (χ1) is 8.87. The third kappa shape index (κ3) is 7.41. The van der Waals surface area contributed by atoms with Gasteiger partial charge in [-0.25, -0.2) is 4.98 Å². The number of carbonyl (C=O) groups excluding carboxylic acids is 1. The Morgan fingerprint density at radius 3 is 2.79 bits per heavy atom. The van der Waals surface area contributed by atoms with Gasteiger partial charge in [-0.05, 0) is 45.7 Å². The van der Waals surface area contributed by atoms with Crippen LogP contribution >= 0.6 is 0 Å². The van der Waals surface area contributed by atoms with Crippen LogP contribution in [0.4, 0.5) is 5.82 Å². The Bertz CT molecular complexity index is 387. The van der Waals surface area contributed by atoms with Crippen molar-refractivity contribution < 1.29 is 9.53 Å². The summed E-state index contributed by atoms with van der Waals surface area (Å²) in [7, 11) is 0. The lowest BCUT2D eigenvalue weighted by molar-refractivity contribution is -0.154. The summed E-state index contributed by atoms with van der Waals surface area (Å²) in [5.74, 6) is 0.560. The van der Waals surface area contributed by atoms with Crippen LogP contribution in [0.1, 0.15) is 40.0 Å². The highest BCUT2D eigenvalue weighted by Gasteiger charge is 2.16. The number of pyridine rings is 1. The van der Waals surface area contributed by atoms with E-state index in [4.69, 9.17) is 10.5 Å². The molecule has 0 aliphatic carbocycles. The van der Waals surface area contributed by atoms with Crippen LogP contribution in [-0.4, -0.2) is 22.7 Å². The van der Waals surface area contributed by atoms with Gasteiger partial charge in [0.25, 0.3) is 0 Å². The number of nitrogens with two attached hydrogens (primary N) is 1. The van der Waals surface area contributed by atoms with Crippen LogP contribution in [0, 0.1) is 0 Å². The molecule has 0 saturated heterocycles. The first-order valence-electron chi connectivity index (χ1n) is 6.52. The van der Waals surface area contributed by atoms with E-state index in [1.807, 2.05) is 39.0 Å². The molecule has 1 rings (SSSR count). The Morgan fingerprint density at radius 2 is 2.21 bits per heavy atom. The van der Waals surface area contributed by atoms with E-state index in [1.54, 1.807) is 6.20 Å². The number of aromatic nitrogens is 1. The van der Waals surface area contributed by atoms with Crippen LogP contribution < -0.4 is 11.1 Å². The molecule has 0 fully saturated rings. The molecule has 0 radical (unpaired) electrons. The van der Waals surface area contributed by atoms with E-state index in [0.29, 0.717) is 19.3 Å². The maximum atomic E-state index is 11.5. The van der Waals surface area contributed by atoms with Gasteiger partial charge < -0.3 is 15.8 Å². The van der Waals surface area contributed by atoms with Gasteiger partial charge in [-0.2, -0.15) is 0 Å². The first kappa shape index (κ1) is 15.4. The maximum absolute atomic E-state index is 11.5. The molecule has 0 amide bonds. The number of anilines is 1. The van der Waals surface area contributed by atoms with Gasteiger partial charge in [0.05, 0.1) is 6.17 Å². The molecule has 0 saturated carbocycles. The predicted octanol–water partition coefficient (Wildman–Crippen LogP) is 2.29. The highest BCUT2D eigenvalue weighted by Crippen LogP contribution is 2.11. The summed E-state index contributed by atoms with van der Waals surface area (Å²) >= 11 is 0. The highest BCUT2D eigenvalue weighted by molar-refractivity contribution is 5.69. The molecule has 1 aromatic heterocycles. The number of rotatable bonds is 6. The maximum Gasteiger partial charge on any atom is 0.306 e. The molecule has 1 atom stereocenters. The van der Waals surface area contributed by atoms with Gasteiger partial charge in [-0.3, -0.25) is 4.79 Å². The third-order valence-electron chi connectivity index (χ3n) is 2.31. The molecule has 1 unspecified atom stereocenters. The van der Waals surface area contributed by atoms with E-state index in [1.165, 1.54) is 0 Å². The van der Waals surface area contributed by atoms with Crippen LogP contribution in [0.5, 0.6) is 0 Å². The largest absolute Gasteiger partial charge is 0.460 e. The van der Waals surface area contributed by atoms with E-state index in [0.717, 1.165) is 5.82 Å². The normalized spacial score (nSPS) is 12.8. The summed E-state index contributed by atoms with van der Waals surface area (Å²) in [6.07, 6.45) is 3.26. The first-order valence-corrected chi connectivity index (χ1v) is 6.52. The lowest BCUT2D eigenvalue weighted by Crippen LogP contribution is -2.30. The van der Waals surface area contributed by atoms with E-state index in [-0.39, 0.29) is 12.1 Å². The molecule has 1 heterocycles. The summed E-state index contributed by atoms with van der Waals surface area (Å²) in [4.78, 5) is 15.6. The zero-order valence-corrected chi connectivity index (χ0v) is 11.8. The van der Waals surface area contributed by atoms with Crippen molar-refractivity contribution in [3.8, 4) is 0 Å². The van der Waals surface area contributed by atoms with Crippen molar-refractivity contribution in [2.24, 2.45) is 5.73 Å². The Balaban J connectivity index is 2.21. The van der Waals surface area contributed by atoms with Crippen molar-refractivity contribution in [1.82, 2.24) is 4.98 Å². The lowest BCUT2D eigenvalue weighted by atomic mass is 10.1. The number of hydrogen-bond acceptors (Lipinski definition) is 5. The van der Waals surface area contributed by atoms with Gasteiger partial charge in [0, 0.05) is 12.6 Å². The minimum atomic E-state index is -0.425. The molecular formula is C14H23N3O2. The third-order valence-corrected chi connectivity index (χ3v) is 2.31. The average molecular weight is 265 g/mol. The second-order valence-electron chi connectivity index (χ2n) is 5.44. The number of nitrogens with zero attached hydrogens (tertiary/aromatic N) is 1. The lowest BCUT2D eigenvalue weighted by Gasteiger charge is -2.20. The molecule has 0 bridgehead atoms. The fourth-order valence-corrected chi connectivity index (χ4v) is 1.57. The van der Waals surface area contributed by atoms with Crippen LogP contribution in [0.3, 0.4) is 0 Å². The summed E-state index contributed by atoms with van der Waals surface area (Å²) in [6.45, 7) is 5.58. The molecule has 5 heteroatoms. The summed E-state index contributed by atoms with van der Waals surface area (Å²) in [5.41, 5.74) is 5.49. The standard InChI is InChI=1S/C14H23N3O2/c1-14(2,3)19-13(18)9-6-7-11(15)17-12-8-4-5-10-16-12/h4-5,8,10-11H,6-7,9,15H2,1-3H3,(H,16,17). The van der Waals surface area contributed by atoms with Crippen molar-refractivity contribution in [3.05, 3.63) is 24.4 Å². The molecule has 106 valence electrons. The molecule has 0 spiro atoms. The Labute approximate surface area is 114 Å². The van der Waals surface area contributed by atoms with E-state index < -0.39 is 5.60 Å². The van der Waals surface area contributed by atoms with Crippen LogP contribution in [0.15, 0.2) is 24.4 Å². The molecule has 0 aliphatic rings. The van der Waals surface area contributed by atoms with E-state index in [9.17, 15) is 4.79 Å². The summed E-state index contributed by atoms with van der Waals surface area (Å²) in [5, 5.41) is 3.08. The SMILES string of the molecule is CC(C)(C)OC(=O)CCCC(N)Nc1ccccn1. The predicted molar refractivity (Wildman–Crippen MR) is 75.5 cm³/mol. The molecule has 0 aromatic carbocycles. The highest BCUT2D eigenvalue weighted by atomic mass is 16.6. The van der Waals surface area contributed by atoms with Crippen LogP contribution in [0.2, 0.25) is 0 Å². The number of hydrogen-bond donors (Lipinski definition) is 2. The molecule has 0 aliphatic heterocycles. The van der Waals surface area contributed by atoms with Crippen LogP contribution in [0.25, 0.3) is 0 Å². The van der Waals surface area contributed by atoms with Crippen molar-refractivity contribution in [3.63, 3.8) is 0 Å². The summed E-state index contributed by atoms with van der Waals surface area (Å²) in [6, 6.07) is 5.59. The average Bonchev–Trinajstić information content (AvgIpc) is 2.27. The monoisotopic (exact) mass is 265 g/mol. The van der Waals surface area contributed by atoms with Gasteiger partial charge in [-0.15, -0.1) is 0 Å². The molecular weight excluding hydrogens is 242 g/mol. The van der Waals surface area contributed by atoms with Gasteiger partial charge in [0.15, 0.2) is 0 Å². The van der Waals surface area contributed by atoms with Gasteiger partial charge >= 0.3 is 5.97 Å². The van der Waals surface area contributed by atoms with Gasteiger partial charge in [-0.1, -0.05) is 6.07 Å². The van der Waals surface area contributed by atoms with Crippen molar-refractivity contribution in [2.75, 3.05) is 5.32 Å². The number of ether oxygens (including phenoxy) is 1. The Hall–Kier alpha value is -1.62. The Morgan fingerprint density at radius 1 is 1.47 bits per heavy atom. The molecule has 1 aromatic rings. The molecule has 19 heavy (non-hydrogen) atoms. The number of esters is 1. The smallest absolute Gasteiger partial charge is 0.306 e. The van der Waals surface area contributed by atoms with Crippen molar-refractivity contribution in [2.45, 2.75) is 51.8 Å². The fraction of sp³-hybridized carbons (Fsp3) is 0.571. The fourth-order valence-electron chi connectivity index (χ4n) is 1.57. The molecule has 5 nitrogen and oxygen atoms in total. The zero-order chi connectivity index (χ0) is 14.3. The van der Waals surface area contributed by atoms with E-state index >= 15 is 0 Å². The second kappa shape index (κ2) is 7.09. The zero-order valence-electron chi connectivity index (χ0n) is 11.8. The van der Waals surface area contributed by atoms with Gasteiger partial charge in [0.2, 0.25) is 0 Å². The van der Waals surface area contributed by atoms with Crippen molar-refractivity contribution >= 4 is 11.8 Å². The Kier molecular flexibility index (Phi) is 5.76. The number of nitrogens with one attached hydrogen (secondary N) is 1. The van der Waals surface area contributed by atoms with Crippen LogP contribution in [-0.2, 0) is 9.53 Å². The quantitative estimate of drug-likeness (QED) is 0.609. The number of carbonyl (C=O) groups is 1. The second-order valence-corrected chi connectivity index (χ2v) is 5.44. The minimum Gasteiger partial charge on any atom is -0.460 e. The topological polar surface area (TPSA) is 77.2 Å². The molecule has 3 N–H and O–H groups in total.